The van der Waals surface area contributed by atoms with Crippen LogP contribution in [-0.2, 0) is 14.3 Å². The molecular weight excluding hydrogens is 606 g/mol. The van der Waals surface area contributed by atoms with Gasteiger partial charge < -0.3 is 50.5 Å². The monoisotopic (exact) mass is 673 g/mol. The number of hydrogen-bond donors (Lipinski definition) is 8. The van der Waals surface area contributed by atoms with Crippen LogP contribution >= 0.6 is 0 Å². The number of allylic oxidation sites excluding steroid dienone is 4. The fourth-order valence-corrected chi connectivity index (χ4v) is 5.70. The third-order valence-electron chi connectivity index (χ3n) is 8.83. The molecule has 1 heterocycles. The maximum atomic E-state index is 12.9. The summed E-state index contributed by atoms with van der Waals surface area (Å²) in [4.78, 5) is 12.9. The largest absolute Gasteiger partial charge is 0.394 e. The van der Waals surface area contributed by atoms with Gasteiger partial charge in [0.1, 0.15) is 36.6 Å². The van der Waals surface area contributed by atoms with Crippen LogP contribution in [0, 0.1) is 0 Å². The zero-order valence-corrected chi connectivity index (χ0v) is 29.0. The van der Waals surface area contributed by atoms with Crippen molar-refractivity contribution in [2.75, 3.05) is 13.2 Å². The molecule has 1 aliphatic rings. The second-order valence-corrected chi connectivity index (χ2v) is 12.9. The summed E-state index contributed by atoms with van der Waals surface area (Å²) in [7, 11) is 0. The number of aliphatic hydroxyl groups excluding tert-OH is 7. The number of nitrogens with one attached hydrogen (secondary N) is 1. The summed E-state index contributed by atoms with van der Waals surface area (Å²) in [5.74, 6) is -0.717. The van der Waals surface area contributed by atoms with E-state index in [0.717, 1.165) is 32.1 Å². The van der Waals surface area contributed by atoms with Gasteiger partial charge in [0.05, 0.1) is 25.4 Å². The van der Waals surface area contributed by atoms with E-state index in [-0.39, 0.29) is 12.8 Å². The van der Waals surface area contributed by atoms with Gasteiger partial charge in [-0.1, -0.05) is 108 Å². The van der Waals surface area contributed by atoms with Crippen LogP contribution in [0.1, 0.15) is 129 Å². The molecule has 0 radical (unpaired) electrons. The minimum atomic E-state index is -1.66. The molecule has 11 heteroatoms. The highest BCUT2D eigenvalue weighted by Gasteiger charge is 2.44. The van der Waals surface area contributed by atoms with Crippen molar-refractivity contribution in [3.63, 3.8) is 0 Å². The van der Waals surface area contributed by atoms with Crippen LogP contribution < -0.4 is 5.32 Å². The van der Waals surface area contributed by atoms with Crippen molar-refractivity contribution < 1.29 is 50.0 Å². The van der Waals surface area contributed by atoms with Crippen molar-refractivity contribution in [2.24, 2.45) is 0 Å². The van der Waals surface area contributed by atoms with E-state index in [1.54, 1.807) is 0 Å². The smallest absolute Gasteiger partial charge is 0.249 e. The third kappa shape index (κ3) is 18.8. The molecule has 9 atom stereocenters. The molecule has 1 saturated heterocycles. The summed E-state index contributed by atoms with van der Waals surface area (Å²) in [6.07, 6.45) is 14.3. The Bertz CT molecular complexity index is 826. The van der Waals surface area contributed by atoms with Crippen LogP contribution in [0.3, 0.4) is 0 Å². The Hall–Kier alpha value is -1.41. The molecular formula is C36H67NO10. The van der Waals surface area contributed by atoms with E-state index >= 15 is 0 Å². The molecule has 1 amide bonds. The minimum absolute atomic E-state index is 0.244. The maximum Gasteiger partial charge on any atom is 0.249 e. The highest BCUT2D eigenvalue weighted by molar-refractivity contribution is 5.80. The molecule has 0 aliphatic carbocycles. The molecule has 9 unspecified atom stereocenters. The van der Waals surface area contributed by atoms with Crippen LogP contribution in [0.25, 0.3) is 0 Å². The summed E-state index contributed by atoms with van der Waals surface area (Å²) in [6, 6.07) is -1.18. The first-order valence-electron chi connectivity index (χ1n) is 18.2. The molecule has 1 fully saturated rings. The molecule has 0 spiro atoms. The molecule has 1 aliphatic heterocycles. The first-order chi connectivity index (χ1) is 22.7. The van der Waals surface area contributed by atoms with Crippen LogP contribution in [0.15, 0.2) is 24.3 Å². The number of carbonyl (C=O) groups excluding carboxylic acids is 1. The maximum absolute atomic E-state index is 12.9. The standard InChI is InChI=1S/C36H67NO10/c1-3-5-7-9-11-13-14-15-16-18-20-22-24-29(40)35(45)37-27(26-46-36-34(44)33(43)32(42)30(25-38)47-36)31(41)28(39)23-21-19-17-12-10-8-6-4-2/h4,6,12,17,27-34,36,38-44H,3,5,7-11,13-16,18-26H2,1-2H3,(H,37,45)/b6-4+,17-12+. The van der Waals surface area contributed by atoms with Gasteiger partial charge in [-0.25, -0.2) is 0 Å². The van der Waals surface area contributed by atoms with E-state index in [1.807, 2.05) is 19.1 Å². The first kappa shape index (κ1) is 43.6. The Morgan fingerprint density at radius 1 is 0.766 bits per heavy atom. The summed E-state index contributed by atoms with van der Waals surface area (Å²) in [5.41, 5.74) is 0. The molecule has 11 nitrogen and oxygen atoms in total. The normalized spacial score (nSPS) is 24.5. The average molecular weight is 674 g/mol. The summed E-state index contributed by atoms with van der Waals surface area (Å²) < 4.78 is 11.0. The number of carbonyl (C=O) groups is 1. The first-order valence-corrected chi connectivity index (χ1v) is 18.2. The van der Waals surface area contributed by atoms with Gasteiger partial charge in [0.2, 0.25) is 5.91 Å². The molecule has 47 heavy (non-hydrogen) atoms. The summed E-state index contributed by atoms with van der Waals surface area (Å²) in [6.45, 7) is 3.12. The van der Waals surface area contributed by atoms with E-state index in [4.69, 9.17) is 9.47 Å². The van der Waals surface area contributed by atoms with Crippen LogP contribution in [0.4, 0.5) is 0 Å². The molecule has 0 aromatic heterocycles. The Morgan fingerprint density at radius 3 is 1.94 bits per heavy atom. The Kier molecular flexibility index (Phi) is 25.4. The van der Waals surface area contributed by atoms with E-state index in [0.29, 0.717) is 19.3 Å². The Morgan fingerprint density at radius 2 is 1.34 bits per heavy atom. The van der Waals surface area contributed by atoms with Crippen LogP contribution in [0.5, 0.6) is 0 Å². The Labute approximate surface area is 283 Å². The van der Waals surface area contributed by atoms with Gasteiger partial charge in [-0.2, -0.15) is 0 Å². The topological polar surface area (TPSA) is 189 Å². The molecule has 0 bridgehead atoms. The minimum Gasteiger partial charge on any atom is -0.394 e. The Balaban J connectivity index is 2.60. The summed E-state index contributed by atoms with van der Waals surface area (Å²) in [5, 5.41) is 74.8. The lowest BCUT2D eigenvalue weighted by Crippen LogP contribution is -2.60. The molecule has 0 aromatic rings. The second-order valence-electron chi connectivity index (χ2n) is 12.9. The van der Waals surface area contributed by atoms with Gasteiger partial charge >= 0.3 is 0 Å². The number of rotatable bonds is 28. The van der Waals surface area contributed by atoms with E-state index in [1.165, 1.54) is 51.4 Å². The van der Waals surface area contributed by atoms with Gasteiger partial charge in [-0.3, -0.25) is 4.79 Å². The lowest BCUT2D eigenvalue weighted by molar-refractivity contribution is -0.303. The summed E-state index contributed by atoms with van der Waals surface area (Å²) >= 11 is 0. The van der Waals surface area contributed by atoms with Gasteiger partial charge in [0, 0.05) is 0 Å². The second kappa shape index (κ2) is 27.4. The third-order valence-corrected chi connectivity index (χ3v) is 8.83. The van der Waals surface area contributed by atoms with Crippen molar-refractivity contribution in [1.29, 1.82) is 0 Å². The predicted molar refractivity (Wildman–Crippen MR) is 182 cm³/mol. The van der Waals surface area contributed by atoms with Crippen molar-refractivity contribution in [3.8, 4) is 0 Å². The lowest BCUT2D eigenvalue weighted by Gasteiger charge is -2.40. The van der Waals surface area contributed by atoms with Crippen molar-refractivity contribution in [1.82, 2.24) is 5.32 Å². The van der Waals surface area contributed by atoms with E-state index in [2.05, 4.69) is 24.4 Å². The van der Waals surface area contributed by atoms with Crippen molar-refractivity contribution in [3.05, 3.63) is 24.3 Å². The van der Waals surface area contributed by atoms with E-state index in [9.17, 15) is 40.5 Å². The van der Waals surface area contributed by atoms with Gasteiger partial charge in [0.15, 0.2) is 6.29 Å². The van der Waals surface area contributed by atoms with Crippen molar-refractivity contribution >= 4 is 5.91 Å². The van der Waals surface area contributed by atoms with Gasteiger partial charge in [-0.05, 0) is 45.4 Å². The lowest BCUT2D eigenvalue weighted by atomic mass is 9.98. The number of amides is 1. The molecule has 0 saturated carbocycles. The fraction of sp³-hybridized carbons (Fsp3) is 0.861. The number of unbranched alkanes of at least 4 members (excludes halogenated alkanes) is 13. The molecule has 8 N–H and O–H groups in total. The quantitative estimate of drug-likeness (QED) is 0.0451. The number of ether oxygens (including phenoxy) is 2. The van der Waals surface area contributed by atoms with E-state index < -0.39 is 74.2 Å². The van der Waals surface area contributed by atoms with Crippen LogP contribution in [-0.4, -0.2) is 110 Å². The number of aliphatic hydroxyl groups is 7. The zero-order chi connectivity index (χ0) is 34.9. The average Bonchev–Trinajstić information content (AvgIpc) is 3.07. The van der Waals surface area contributed by atoms with Gasteiger partial charge in [0.25, 0.3) is 0 Å². The zero-order valence-electron chi connectivity index (χ0n) is 29.0. The molecule has 0 aromatic carbocycles. The fourth-order valence-electron chi connectivity index (χ4n) is 5.70. The van der Waals surface area contributed by atoms with Gasteiger partial charge in [-0.15, -0.1) is 0 Å². The predicted octanol–water partition coefficient (Wildman–Crippen LogP) is 3.54. The van der Waals surface area contributed by atoms with Crippen LogP contribution in [0.2, 0.25) is 0 Å². The molecule has 1 rings (SSSR count). The number of hydrogen-bond acceptors (Lipinski definition) is 10. The van der Waals surface area contributed by atoms with Crippen molar-refractivity contribution in [2.45, 2.75) is 184 Å². The molecule has 276 valence electrons. The highest BCUT2D eigenvalue weighted by atomic mass is 16.7. The highest BCUT2D eigenvalue weighted by Crippen LogP contribution is 2.23. The SMILES string of the molecule is C/C=C/CC/C=C/CCCC(O)C(O)C(COC1OC(CO)C(O)C(O)C1O)NC(=O)C(O)CCCCCCCCCCCCCC.